The normalized spacial score (nSPS) is 12.0. The van der Waals surface area contributed by atoms with E-state index in [-0.39, 0.29) is 17.2 Å². The number of hydrogen-bond acceptors (Lipinski definition) is 6. The number of nitrogens with one attached hydrogen (secondary N) is 1. The van der Waals surface area contributed by atoms with Crippen LogP contribution in [0.3, 0.4) is 0 Å². The summed E-state index contributed by atoms with van der Waals surface area (Å²) in [5.41, 5.74) is 2.86. The molecule has 0 aliphatic rings. The lowest BCUT2D eigenvalue weighted by Crippen LogP contribution is -2.24. The lowest BCUT2D eigenvalue weighted by molar-refractivity contribution is -0.385. The molecule has 2 rings (SSSR count). The van der Waals surface area contributed by atoms with Crippen molar-refractivity contribution in [3.8, 4) is 11.5 Å². The topological polar surface area (TPSA) is 114 Å². The molecule has 0 bridgehead atoms. The maximum atomic E-state index is 11.8. The minimum absolute atomic E-state index is 0.000973. The number of phenols is 1. The summed E-state index contributed by atoms with van der Waals surface area (Å²) in [6, 6.07) is 9.80. The summed E-state index contributed by atoms with van der Waals surface area (Å²) in [5.74, 6) is -0.122. The van der Waals surface area contributed by atoms with Crippen molar-refractivity contribution in [3.05, 3.63) is 62.7 Å². The van der Waals surface area contributed by atoms with Crippen molar-refractivity contribution in [2.75, 3.05) is 6.61 Å². The molecule has 0 fully saturated rings. The number of aromatic hydroxyl groups is 1. The van der Waals surface area contributed by atoms with Crippen molar-refractivity contribution >= 4 is 29.4 Å². The summed E-state index contributed by atoms with van der Waals surface area (Å²) in [7, 11) is 0. The van der Waals surface area contributed by atoms with Crippen LogP contribution in [0.1, 0.15) is 37.3 Å². The average molecular weight is 406 g/mol. The fourth-order valence-electron chi connectivity index (χ4n) is 2.33. The number of nitro benzene ring substituents is 1. The molecular weight excluding hydrogens is 386 g/mol. The zero-order valence-corrected chi connectivity index (χ0v) is 16.1. The zero-order chi connectivity index (χ0) is 20.7. The van der Waals surface area contributed by atoms with Crippen LogP contribution >= 0.6 is 11.6 Å². The second kappa shape index (κ2) is 9.70. The van der Waals surface area contributed by atoms with Gasteiger partial charge < -0.3 is 9.84 Å². The number of nitrogens with zero attached hydrogens (tertiary/aromatic N) is 2. The Kier molecular flexibility index (Phi) is 7.34. The fraction of sp³-hybridized carbons (Fsp3) is 0.263. The SMILES string of the molecule is CC[C@@H](C)c1ccc(OCC(=O)N/N=C\c2cc(Cl)cc([N+](=O)[O-])c2O)cc1. The zero-order valence-electron chi connectivity index (χ0n) is 15.4. The fourth-order valence-corrected chi connectivity index (χ4v) is 2.55. The smallest absolute Gasteiger partial charge is 0.312 e. The van der Waals surface area contributed by atoms with Crippen LogP contribution in [0.5, 0.6) is 11.5 Å². The minimum atomic E-state index is -0.766. The first-order valence-corrected chi connectivity index (χ1v) is 8.91. The molecule has 2 aromatic rings. The Labute approximate surface area is 166 Å². The number of hydrazone groups is 1. The van der Waals surface area contributed by atoms with Gasteiger partial charge in [0.05, 0.1) is 11.1 Å². The second-order valence-electron chi connectivity index (χ2n) is 6.08. The number of halogens is 1. The van der Waals surface area contributed by atoms with Gasteiger partial charge in [-0.2, -0.15) is 5.10 Å². The quantitative estimate of drug-likeness (QED) is 0.391. The Morgan fingerprint density at radius 3 is 2.68 bits per heavy atom. The molecule has 1 atom stereocenters. The largest absolute Gasteiger partial charge is 0.502 e. The Balaban J connectivity index is 1.91. The Bertz CT molecular complexity index is 884. The number of amides is 1. The highest BCUT2D eigenvalue weighted by Gasteiger charge is 2.17. The van der Waals surface area contributed by atoms with E-state index in [9.17, 15) is 20.0 Å². The summed E-state index contributed by atoms with van der Waals surface area (Å²) in [5, 5.41) is 24.4. The number of hydrogen-bond donors (Lipinski definition) is 2. The van der Waals surface area contributed by atoms with E-state index in [1.165, 1.54) is 11.6 Å². The van der Waals surface area contributed by atoms with E-state index in [1.807, 2.05) is 12.1 Å². The third-order valence-corrected chi connectivity index (χ3v) is 4.32. The molecule has 0 saturated carbocycles. The molecule has 2 N–H and O–H groups in total. The molecule has 9 heteroatoms. The summed E-state index contributed by atoms with van der Waals surface area (Å²) >= 11 is 5.78. The minimum Gasteiger partial charge on any atom is -0.502 e. The number of ether oxygens (including phenoxy) is 1. The van der Waals surface area contributed by atoms with Crippen LogP contribution in [0.25, 0.3) is 0 Å². The molecule has 0 radical (unpaired) electrons. The van der Waals surface area contributed by atoms with Gasteiger partial charge in [0.2, 0.25) is 5.75 Å². The third kappa shape index (κ3) is 5.68. The standard InChI is InChI=1S/C19H20ClN3O5/c1-3-12(2)13-4-6-16(7-5-13)28-11-18(24)22-21-10-14-8-15(20)9-17(19(14)25)23(26)27/h4-10,12,25H,3,11H2,1-2H3,(H,22,24)/b21-10-/t12-/m1/s1. The van der Waals surface area contributed by atoms with E-state index in [0.29, 0.717) is 11.7 Å². The predicted octanol–water partition coefficient (Wildman–Crippen LogP) is 4.00. The van der Waals surface area contributed by atoms with Crippen molar-refractivity contribution in [1.82, 2.24) is 5.43 Å². The first kappa shape index (κ1) is 21.2. The molecule has 0 aromatic heterocycles. The van der Waals surface area contributed by atoms with Crippen molar-refractivity contribution in [2.45, 2.75) is 26.2 Å². The van der Waals surface area contributed by atoms with Crippen LogP contribution in [-0.4, -0.2) is 28.8 Å². The Hall–Kier alpha value is -3.13. The van der Waals surface area contributed by atoms with Crippen LogP contribution in [-0.2, 0) is 4.79 Å². The van der Waals surface area contributed by atoms with E-state index in [0.717, 1.165) is 18.7 Å². The Morgan fingerprint density at radius 2 is 2.07 bits per heavy atom. The van der Waals surface area contributed by atoms with Crippen molar-refractivity contribution < 1.29 is 19.6 Å². The van der Waals surface area contributed by atoms with Crippen LogP contribution in [0.2, 0.25) is 5.02 Å². The van der Waals surface area contributed by atoms with Crippen LogP contribution < -0.4 is 10.2 Å². The predicted molar refractivity (Wildman–Crippen MR) is 106 cm³/mol. The molecule has 28 heavy (non-hydrogen) atoms. The lowest BCUT2D eigenvalue weighted by Gasteiger charge is -2.10. The van der Waals surface area contributed by atoms with Gasteiger partial charge in [0, 0.05) is 16.7 Å². The molecule has 0 spiro atoms. The van der Waals surface area contributed by atoms with Gasteiger partial charge in [-0.05, 0) is 36.1 Å². The number of phenolic OH excluding ortho intramolecular Hbond substituents is 1. The van der Waals surface area contributed by atoms with Gasteiger partial charge in [0.1, 0.15) is 5.75 Å². The van der Waals surface area contributed by atoms with Crippen LogP contribution in [0.4, 0.5) is 5.69 Å². The molecule has 0 heterocycles. The third-order valence-electron chi connectivity index (χ3n) is 4.11. The number of carbonyl (C=O) groups excluding carboxylic acids is 1. The molecule has 0 saturated heterocycles. The number of rotatable bonds is 8. The van der Waals surface area contributed by atoms with Gasteiger partial charge in [-0.25, -0.2) is 5.43 Å². The first-order chi connectivity index (χ1) is 13.3. The van der Waals surface area contributed by atoms with Gasteiger partial charge in [-0.3, -0.25) is 14.9 Å². The van der Waals surface area contributed by atoms with Crippen molar-refractivity contribution in [2.24, 2.45) is 5.10 Å². The van der Waals surface area contributed by atoms with Gasteiger partial charge in [-0.1, -0.05) is 37.6 Å². The second-order valence-corrected chi connectivity index (χ2v) is 6.52. The Morgan fingerprint density at radius 1 is 1.39 bits per heavy atom. The number of nitro groups is 1. The summed E-state index contributed by atoms with van der Waals surface area (Å²) in [6.07, 6.45) is 2.10. The molecule has 1 amide bonds. The van der Waals surface area contributed by atoms with Crippen molar-refractivity contribution in [3.63, 3.8) is 0 Å². The number of carbonyl (C=O) groups is 1. The monoisotopic (exact) mass is 405 g/mol. The molecule has 0 aliphatic heterocycles. The van der Waals surface area contributed by atoms with Gasteiger partial charge in [-0.15, -0.1) is 0 Å². The lowest BCUT2D eigenvalue weighted by atomic mass is 9.99. The van der Waals surface area contributed by atoms with E-state index in [4.69, 9.17) is 16.3 Å². The maximum absolute atomic E-state index is 11.8. The van der Waals surface area contributed by atoms with E-state index in [1.54, 1.807) is 12.1 Å². The van der Waals surface area contributed by atoms with Crippen LogP contribution in [0.15, 0.2) is 41.5 Å². The summed E-state index contributed by atoms with van der Waals surface area (Å²) in [6.45, 7) is 3.98. The van der Waals surface area contributed by atoms with Crippen LogP contribution in [0, 0.1) is 10.1 Å². The molecular formula is C19H20ClN3O5. The van der Waals surface area contributed by atoms with Gasteiger partial charge in [0.15, 0.2) is 6.61 Å². The summed E-state index contributed by atoms with van der Waals surface area (Å²) < 4.78 is 5.39. The van der Waals surface area contributed by atoms with Gasteiger partial charge in [0.25, 0.3) is 5.91 Å². The number of benzene rings is 2. The maximum Gasteiger partial charge on any atom is 0.312 e. The van der Waals surface area contributed by atoms with Gasteiger partial charge >= 0.3 is 5.69 Å². The molecule has 0 aliphatic carbocycles. The van der Waals surface area contributed by atoms with E-state index < -0.39 is 22.3 Å². The highest BCUT2D eigenvalue weighted by Crippen LogP contribution is 2.32. The summed E-state index contributed by atoms with van der Waals surface area (Å²) in [4.78, 5) is 21.9. The molecule has 0 unspecified atom stereocenters. The van der Waals surface area contributed by atoms with E-state index >= 15 is 0 Å². The molecule has 148 valence electrons. The highest BCUT2D eigenvalue weighted by molar-refractivity contribution is 6.31. The van der Waals surface area contributed by atoms with Crippen molar-refractivity contribution in [1.29, 1.82) is 0 Å². The van der Waals surface area contributed by atoms with E-state index in [2.05, 4.69) is 24.4 Å². The average Bonchev–Trinajstić information content (AvgIpc) is 2.68. The highest BCUT2D eigenvalue weighted by atomic mass is 35.5. The molecule has 8 nitrogen and oxygen atoms in total. The molecule has 2 aromatic carbocycles. The first-order valence-electron chi connectivity index (χ1n) is 8.53.